The molecule has 0 radical (unpaired) electrons. The van der Waals surface area contributed by atoms with E-state index in [1.165, 1.54) is 10.4 Å². The molecule has 0 N–H and O–H groups in total. The number of esters is 1. The third-order valence-corrected chi connectivity index (χ3v) is 8.11. The Hall–Kier alpha value is -2.11. The van der Waals surface area contributed by atoms with Gasteiger partial charge in [0.1, 0.15) is 23.5 Å². The molecule has 0 spiro atoms. The van der Waals surface area contributed by atoms with Gasteiger partial charge in [-0.25, -0.2) is 0 Å². The maximum absolute atomic E-state index is 12.9. The summed E-state index contributed by atoms with van der Waals surface area (Å²) in [5.74, 6) is 1.17. The Balaban J connectivity index is 1.58. The van der Waals surface area contributed by atoms with Gasteiger partial charge in [0.15, 0.2) is 5.82 Å². The Morgan fingerprint density at radius 3 is 2.64 bits per heavy atom. The van der Waals surface area contributed by atoms with Gasteiger partial charge in [0, 0.05) is 25.0 Å². The van der Waals surface area contributed by atoms with Crippen molar-refractivity contribution in [3.05, 3.63) is 61.1 Å². The minimum atomic E-state index is -0.488. The average Bonchev–Trinajstić information content (AvgIpc) is 3.24. The van der Waals surface area contributed by atoms with E-state index in [-0.39, 0.29) is 17.8 Å². The van der Waals surface area contributed by atoms with Gasteiger partial charge in [0.05, 0.1) is 25.3 Å². The zero-order valence-electron chi connectivity index (χ0n) is 19.0. The lowest BCUT2D eigenvalue weighted by Crippen LogP contribution is -2.44. The first-order chi connectivity index (χ1) is 15.8. The van der Waals surface area contributed by atoms with Crippen LogP contribution in [0.5, 0.6) is 0 Å². The van der Waals surface area contributed by atoms with Crippen LogP contribution in [-0.4, -0.2) is 46.3 Å². The summed E-state index contributed by atoms with van der Waals surface area (Å²) in [6.07, 6.45) is 0.107. The third-order valence-electron chi connectivity index (χ3n) is 6.20. The molecule has 9 heteroatoms. The van der Waals surface area contributed by atoms with Crippen LogP contribution in [-0.2, 0) is 14.3 Å². The Kier molecular flexibility index (Phi) is 5.90. The molecule has 1 fully saturated rings. The van der Waals surface area contributed by atoms with Crippen molar-refractivity contribution in [2.24, 2.45) is 10.4 Å². The van der Waals surface area contributed by atoms with Crippen LogP contribution in [0.1, 0.15) is 52.6 Å². The van der Waals surface area contributed by atoms with Crippen molar-refractivity contribution in [3.8, 4) is 5.00 Å². The summed E-state index contributed by atoms with van der Waals surface area (Å²) in [4.78, 5) is 19.2. The van der Waals surface area contributed by atoms with E-state index in [0.717, 1.165) is 31.2 Å². The lowest BCUT2D eigenvalue weighted by atomic mass is 9.90. The molecule has 2 aromatic heterocycles. The monoisotopic (exact) mass is 576 g/mol. The lowest BCUT2D eigenvalue weighted by molar-refractivity contribution is -0.165. The first-order valence-electron chi connectivity index (χ1n) is 10.9. The molecule has 0 bridgehead atoms. The molecule has 7 nitrogen and oxygen atoms in total. The van der Waals surface area contributed by atoms with E-state index in [0.29, 0.717) is 25.6 Å². The first kappa shape index (κ1) is 22.7. The second kappa shape index (κ2) is 8.59. The highest BCUT2D eigenvalue weighted by Gasteiger charge is 2.36. The van der Waals surface area contributed by atoms with E-state index in [1.807, 2.05) is 6.92 Å². The highest BCUT2D eigenvalue weighted by atomic mass is 127. The Morgan fingerprint density at radius 1 is 1.24 bits per heavy atom. The zero-order valence-corrected chi connectivity index (χ0v) is 22.0. The lowest BCUT2D eigenvalue weighted by Gasteiger charge is -2.37. The second-order valence-corrected chi connectivity index (χ2v) is 11.5. The van der Waals surface area contributed by atoms with E-state index in [2.05, 4.69) is 82.4 Å². The van der Waals surface area contributed by atoms with Crippen molar-refractivity contribution in [1.29, 1.82) is 0 Å². The van der Waals surface area contributed by atoms with Crippen molar-refractivity contribution >= 4 is 45.6 Å². The van der Waals surface area contributed by atoms with Crippen molar-refractivity contribution in [3.63, 3.8) is 0 Å². The van der Waals surface area contributed by atoms with E-state index in [1.54, 1.807) is 11.3 Å². The maximum Gasteiger partial charge on any atom is 0.308 e. The van der Waals surface area contributed by atoms with Gasteiger partial charge >= 0.3 is 5.97 Å². The number of hydrogen-bond donors (Lipinski definition) is 0. The number of aromatic nitrogens is 3. The summed E-state index contributed by atoms with van der Waals surface area (Å²) in [7, 11) is 0. The van der Waals surface area contributed by atoms with Crippen molar-refractivity contribution in [2.45, 2.75) is 40.2 Å². The van der Waals surface area contributed by atoms with E-state index in [4.69, 9.17) is 14.5 Å². The molecule has 3 aromatic rings. The second-order valence-electron chi connectivity index (χ2n) is 9.07. The minimum absolute atomic E-state index is 0.0931. The third kappa shape index (κ3) is 4.15. The molecule has 0 aliphatic carbocycles. The fraction of sp³-hybridized carbons (Fsp3) is 0.417. The number of nitrogens with zero attached hydrogens (tertiary/aromatic N) is 4. The van der Waals surface area contributed by atoms with E-state index < -0.39 is 6.04 Å². The molecule has 5 rings (SSSR count). The van der Waals surface area contributed by atoms with Gasteiger partial charge in [-0.15, -0.1) is 21.5 Å². The molecule has 0 unspecified atom stereocenters. The van der Waals surface area contributed by atoms with Gasteiger partial charge in [-0.05, 0) is 61.1 Å². The van der Waals surface area contributed by atoms with Gasteiger partial charge in [0.25, 0.3) is 0 Å². The maximum atomic E-state index is 12.9. The van der Waals surface area contributed by atoms with Gasteiger partial charge < -0.3 is 9.47 Å². The molecule has 33 heavy (non-hydrogen) atoms. The number of rotatable bonds is 5. The van der Waals surface area contributed by atoms with Gasteiger partial charge in [-0.2, -0.15) is 0 Å². The zero-order chi connectivity index (χ0) is 23.3. The Labute approximate surface area is 210 Å². The van der Waals surface area contributed by atoms with Crippen LogP contribution in [0.3, 0.4) is 0 Å². The molecular weight excluding hydrogens is 551 g/mol. The summed E-state index contributed by atoms with van der Waals surface area (Å²) in [6.45, 7) is 9.83. The molecule has 1 atom stereocenters. The predicted molar refractivity (Wildman–Crippen MR) is 135 cm³/mol. The molecule has 1 aromatic carbocycles. The summed E-state index contributed by atoms with van der Waals surface area (Å²) >= 11 is 4.01. The topological polar surface area (TPSA) is 78.6 Å². The average molecular weight is 576 g/mol. The molecule has 0 saturated carbocycles. The molecule has 4 heterocycles. The number of ether oxygens (including phenoxy) is 2. The number of hydrogen-bond acceptors (Lipinski definition) is 7. The number of aliphatic imine (C=N–C) groups is 1. The normalized spacial score (nSPS) is 18.6. The molecular formula is C24H25IN4O3S. The highest BCUT2D eigenvalue weighted by molar-refractivity contribution is 14.1. The van der Waals surface area contributed by atoms with Gasteiger partial charge in [0.2, 0.25) is 0 Å². The van der Waals surface area contributed by atoms with Crippen LogP contribution >= 0.6 is 33.9 Å². The number of benzene rings is 1. The summed E-state index contributed by atoms with van der Waals surface area (Å²) in [5, 5.41) is 9.83. The van der Waals surface area contributed by atoms with Crippen molar-refractivity contribution < 1.29 is 14.3 Å². The number of fused-ring (bicyclic) bond motifs is 3. The fourth-order valence-corrected chi connectivity index (χ4v) is 5.71. The van der Waals surface area contributed by atoms with Crippen molar-refractivity contribution in [2.75, 3.05) is 19.8 Å². The van der Waals surface area contributed by atoms with Crippen LogP contribution in [0, 0.1) is 29.8 Å². The molecule has 2 aliphatic heterocycles. The van der Waals surface area contributed by atoms with Crippen LogP contribution in [0.15, 0.2) is 29.3 Å². The standard InChI is InChI=1S/C24H25IN4O3S/c1-13-14(2)33-23-20(13)21(16-5-7-17(25)8-6-16)26-18(22-28-27-15(3)29(22)23)9-19(30)32-12-24(4)10-31-11-24/h5-8,18H,9-12H2,1-4H3/t18-/m0/s1. The molecule has 1 saturated heterocycles. The smallest absolute Gasteiger partial charge is 0.308 e. The van der Waals surface area contributed by atoms with Crippen LogP contribution in [0.4, 0.5) is 0 Å². The van der Waals surface area contributed by atoms with Crippen LogP contribution < -0.4 is 0 Å². The van der Waals surface area contributed by atoms with Crippen LogP contribution in [0.2, 0.25) is 0 Å². The van der Waals surface area contributed by atoms with Gasteiger partial charge in [-0.3, -0.25) is 14.4 Å². The van der Waals surface area contributed by atoms with Crippen molar-refractivity contribution in [1.82, 2.24) is 14.8 Å². The highest BCUT2D eigenvalue weighted by Crippen LogP contribution is 2.39. The summed E-state index contributed by atoms with van der Waals surface area (Å²) in [6, 6.07) is 7.84. The van der Waals surface area contributed by atoms with Crippen LogP contribution in [0.25, 0.3) is 5.00 Å². The quantitative estimate of drug-likeness (QED) is 0.325. The molecule has 2 aliphatic rings. The number of halogens is 1. The summed E-state index contributed by atoms with van der Waals surface area (Å²) < 4.78 is 14.1. The summed E-state index contributed by atoms with van der Waals surface area (Å²) in [5.41, 5.74) is 4.08. The minimum Gasteiger partial charge on any atom is -0.465 e. The predicted octanol–water partition coefficient (Wildman–Crippen LogP) is 4.72. The number of carbonyl (C=O) groups is 1. The SMILES string of the molecule is Cc1sc2c(c1C)C(c1ccc(I)cc1)=N[C@@H](CC(=O)OCC1(C)COC1)c1nnc(C)n1-2. The fourth-order valence-electron chi connectivity index (χ4n) is 4.14. The number of thiophene rings is 1. The first-order valence-corrected chi connectivity index (χ1v) is 12.7. The van der Waals surface area contributed by atoms with Gasteiger partial charge in [-0.1, -0.05) is 19.1 Å². The van der Waals surface area contributed by atoms with E-state index >= 15 is 0 Å². The molecule has 0 amide bonds. The number of aryl methyl sites for hydroxylation is 2. The number of carbonyl (C=O) groups excluding carboxylic acids is 1. The Bertz CT molecular complexity index is 1260. The Morgan fingerprint density at radius 2 is 1.97 bits per heavy atom. The largest absolute Gasteiger partial charge is 0.465 e. The van der Waals surface area contributed by atoms with E-state index in [9.17, 15) is 4.79 Å². The molecule has 172 valence electrons.